The van der Waals surface area contributed by atoms with Crippen molar-refractivity contribution < 1.29 is 13.2 Å². The lowest BCUT2D eigenvalue weighted by molar-refractivity contribution is -0.120. The van der Waals surface area contributed by atoms with E-state index in [9.17, 15) is 13.2 Å². The molecule has 2 aromatic rings. The number of nitrogens with zero attached hydrogens (tertiary/aromatic N) is 1. The monoisotopic (exact) mass is 436 g/mol. The lowest BCUT2D eigenvalue weighted by atomic mass is 9.97. The lowest BCUT2D eigenvalue weighted by Crippen LogP contribution is -2.41. The quantitative estimate of drug-likeness (QED) is 0.792. The van der Waals surface area contributed by atoms with Crippen LogP contribution in [0.4, 0.5) is 5.69 Å². The highest BCUT2D eigenvalue weighted by Gasteiger charge is 2.32. The van der Waals surface area contributed by atoms with Gasteiger partial charge in [-0.3, -0.25) is 4.79 Å². The lowest BCUT2D eigenvalue weighted by Gasteiger charge is -2.30. The van der Waals surface area contributed by atoms with E-state index in [-0.39, 0.29) is 16.7 Å². The van der Waals surface area contributed by atoms with Crippen molar-refractivity contribution in [2.45, 2.75) is 24.7 Å². The van der Waals surface area contributed by atoms with Crippen molar-refractivity contribution in [2.24, 2.45) is 5.92 Å². The molecule has 3 rings (SSSR count). The zero-order valence-corrected chi connectivity index (χ0v) is 16.9. The van der Waals surface area contributed by atoms with Crippen molar-refractivity contribution in [1.29, 1.82) is 0 Å². The van der Waals surface area contributed by atoms with E-state index in [2.05, 4.69) is 21.2 Å². The molecule has 7 heteroatoms. The van der Waals surface area contributed by atoms with E-state index in [1.165, 1.54) is 4.31 Å². The first-order chi connectivity index (χ1) is 12.4. The molecule has 2 aromatic carbocycles. The zero-order valence-electron chi connectivity index (χ0n) is 14.5. The summed E-state index contributed by atoms with van der Waals surface area (Å²) in [5, 5.41) is 2.96. The van der Waals surface area contributed by atoms with Crippen LogP contribution in [0, 0.1) is 12.8 Å². The Balaban J connectivity index is 1.62. The molecule has 0 atom stereocenters. The first-order valence-electron chi connectivity index (χ1n) is 8.50. The number of sulfonamides is 1. The van der Waals surface area contributed by atoms with Crippen LogP contribution in [0.5, 0.6) is 0 Å². The van der Waals surface area contributed by atoms with E-state index in [0.29, 0.717) is 25.9 Å². The third-order valence-electron chi connectivity index (χ3n) is 4.68. The Morgan fingerprint density at radius 1 is 1.08 bits per heavy atom. The average Bonchev–Trinajstić information content (AvgIpc) is 2.64. The second kappa shape index (κ2) is 7.90. The van der Waals surface area contributed by atoms with Gasteiger partial charge in [0.25, 0.3) is 0 Å². The van der Waals surface area contributed by atoms with Crippen LogP contribution in [0.15, 0.2) is 57.9 Å². The fourth-order valence-electron chi connectivity index (χ4n) is 3.06. The van der Waals surface area contributed by atoms with Gasteiger partial charge in [-0.05, 0) is 55.7 Å². The van der Waals surface area contributed by atoms with Crippen LogP contribution in [-0.4, -0.2) is 31.7 Å². The minimum Gasteiger partial charge on any atom is -0.326 e. The van der Waals surface area contributed by atoms with Crippen molar-refractivity contribution in [3.05, 3.63) is 58.6 Å². The standard InChI is InChI=1S/C19H21BrN2O3S/c1-14-4-2-3-5-18(14)21-19(23)15-10-12-22(13-11-15)26(24,25)17-8-6-16(20)7-9-17/h2-9,15H,10-13H2,1H3,(H,21,23). The molecule has 1 aliphatic heterocycles. The van der Waals surface area contributed by atoms with E-state index in [1.54, 1.807) is 24.3 Å². The van der Waals surface area contributed by atoms with Crippen molar-refractivity contribution >= 4 is 37.5 Å². The highest BCUT2D eigenvalue weighted by atomic mass is 79.9. The maximum absolute atomic E-state index is 12.7. The SMILES string of the molecule is Cc1ccccc1NC(=O)C1CCN(S(=O)(=O)c2ccc(Br)cc2)CC1. The molecule has 1 N–H and O–H groups in total. The highest BCUT2D eigenvalue weighted by Crippen LogP contribution is 2.26. The first kappa shape index (κ1) is 19.1. The van der Waals surface area contributed by atoms with Gasteiger partial charge >= 0.3 is 0 Å². The molecule has 0 spiro atoms. The molecule has 1 saturated heterocycles. The van der Waals surface area contributed by atoms with Crippen molar-refractivity contribution in [3.8, 4) is 0 Å². The summed E-state index contributed by atoms with van der Waals surface area (Å²) in [6, 6.07) is 14.3. The molecule has 0 bridgehead atoms. The Morgan fingerprint density at radius 2 is 1.69 bits per heavy atom. The number of halogens is 1. The van der Waals surface area contributed by atoms with Gasteiger partial charge in [0, 0.05) is 29.2 Å². The Kier molecular flexibility index (Phi) is 5.79. The number of hydrogen-bond acceptors (Lipinski definition) is 3. The van der Waals surface area contributed by atoms with Gasteiger partial charge in [-0.25, -0.2) is 8.42 Å². The summed E-state index contributed by atoms with van der Waals surface area (Å²) in [5.74, 6) is -0.217. The predicted octanol–water partition coefficient (Wildman–Crippen LogP) is 3.80. The van der Waals surface area contributed by atoms with Gasteiger partial charge in [0.2, 0.25) is 15.9 Å². The molecule has 0 saturated carbocycles. The van der Waals surface area contributed by atoms with E-state index < -0.39 is 10.0 Å². The average molecular weight is 437 g/mol. The van der Waals surface area contributed by atoms with Gasteiger partial charge in [-0.2, -0.15) is 4.31 Å². The van der Waals surface area contributed by atoms with Crippen molar-refractivity contribution in [3.63, 3.8) is 0 Å². The normalized spacial score (nSPS) is 16.4. The number of rotatable bonds is 4. The number of aryl methyl sites for hydroxylation is 1. The number of carbonyl (C=O) groups excluding carboxylic acids is 1. The molecule has 0 radical (unpaired) electrons. The van der Waals surface area contributed by atoms with Gasteiger partial charge in [0.1, 0.15) is 0 Å². The smallest absolute Gasteiger partial charge is 0.243 e. The third-order valence-corrected chi connectivity index (χ3v) is 7.12. The van der Waals surface area contributed by atoms with Crippen LogP contribution in [0.3, 0.4) is 0 Å². The number of nitrogens with one attached hydrogen (secondary N) is 1. The summed E-state index contributed by atoms with van der Waals surface area (Å²) in [6.45, 7) is 2.65. The number of amides is 1. The highest BCUT2D eigenvalue weighted by molar-refractivity contribution is 9.10. The van der Waals surface area contributed by atoms with Gasteiger partial charge < -0.3 is 5.32 Å². The van der Waals surface area contributed by atoms with Gasteiger partial charge in [-0.1, -0.05) is 34.1 Å². The van der Waals surface area contributed by atoms with E-state index >= 15 is 0 Å². The second-order valence-electron chi connectivity index (χ2n) is 6.44. The third kappa shape index (κ3) is 4.16. The van der Waals surface area contributed by atoms with Crippen molar-refractivity contribution in [2.75, 3.05) is 18.4 Å². The molecule has 138 valence electrons. The summed E-state index contributed by atoms with van der Waals surface area (Å²) >= 11 is 3.31. The Labute approximate surface area is 162 Å². The van der Waals surface area contributed by atoms with Gasteiger partial charge in [0.05, 0.1) is 4.90 Å². The second-order valence-corrected chi connectivity index (χ2v) is 9.29. The number of piperidine rings is 1. The molecular formula is C19H21BrN2O3S. The maximum atomic E-state index is 12.7. The molecule has 5 nitrogen and oxygen atoms in total. The number of hydrogen-bond donors (Lipinski definition) is 1. The number of para-hydroxylation sites is 1. The summed E-state index contributed by atoms with van der Waals surface area (Å²) in [4.78, 5) is 12.8. The largest absolute Gasteiger partial charge is 0.326 e. The van der Waals surface area contributed by atoms with E-state index in [0.717, 1.165) is 15.7 Å². The first-order valence-corrected chi connectivity index (χ1v) is 10.7. The topological polar surface area (TPSA) is 66.5 Å². The van der Waals surface area contributed by atoms with Crippen LogP contribution in [-0.2, 0) is 14.8 Å². The van der Waals surface area contributed by atoms with Crippen LogP contribution in [0.25, 0.3) is 0 Å². The molecule has 0 aromatic heterocycles. The van der Waals surface area contributed by atoms with Crippen LogP contribution >= 0.6 is 15.9 Å². The summed E-state index contributed by atoms with van der Waals surface area (Å²) < 4.78 is 27.7. The molecule has 1 aliphatic rings. The number of carbonyl (C=O) groups is 1. The van der Waals surface area contributed by atoms with E-state index in [1.807, 2.05) is 31.2 Å². The zero-order chi connectivity index (χ0) is 18.7. The molecule has 26 heavy (non-hydrogen) atoms. The molecule has 1 heterocycles. The van der Waals surface area contributed by atoms with Crippen molar-refractivity contribution in [1.82, 2.24) is 4.31 Å². The number of benzene rings is 2. The van der Waals surface area contributed by atoms with Crippen LogP contribution in [0.2, 0.25) is 0 Å². The summed E-state index contributed by atoms with van der Waals surface area (Å²) in [5.41, 5.74) is 1.82. The Morgan fingerprint density at radius 3 is 2.31 bits per heavy atom. The molecule has 0 unspecified atom stereocenters. The van der Waals surface area contributed by atoms with E-state index in [4.69, 9.17) is 0 Å². The van der Waals surface area contributed by atoms with Gasteiger partial charge in [-0.15, -0.1) is 0 Å². The number of anilines is 1. The minimum absolute atomic E-state index is 0.0417. The maximum Gasteiger partial charge on any atom is 0.243 e. The van der Waals surface area contributed by atoms with Crippen LogP contribution < -0.4 is 5.32 Å². The molecular weight excluding hydrogens is 416 g/mol. The summed E-state index contributed by atoms with van der Waals surface area (Å²) in [7, 11) is -3.51. The molecule has 1 amide bonds. The van der Waals surface area contributed by atoms with Crippen LogP contribution in [0.1, 0.15) is 18.4 Å². The molecule has 0 aliphatic carbocycles. The fourth-order valence-corrected chi connectivity index (χ4v) is 4.80. The minimum atomic E-state index is -3.51. The fraction of sp³-hybridized carbons (Fsp3) is 0.316. The summed E-state index contributed by atoms with van der Waals surface area (Å²) in [6.07, 6.45) is 1.04. The Hall–Kier alpha value is -1.70. The molecule has 1 fully saturated rings. The predicted molar refractivity (Wildman–Crippen MR) is 105 cm³/mol. The Bertz CT molecular complexity index is 889. The van der Waals surface area contributed by atoms with Gasteiger partial charge in [0.15, 0.2) is 0 Å².